The van der Waals surface area contributed by atoms with E-state index in [1.807, 2.05) is 4.90 Å². The first-order chi connectivity index (χ1) is 17.0. The Kier molecular flexibility index (Phi) is 7.54. The Hall–Kier alpha value is -2.38. The molecule has 1 aliphatic heterocycles. The zero-order valence-electron chi connectivity index (χ0n) is 20.0. The van der Waals surface area contributed by atoms with E-state index in [1.54, 1.807) is 7.05 Å². The van der Waals surface area contributed by atoms with Gasteiger partial charge in [-0.25, -0.2) is 26.0 Å². The summed E-state index contributed by atoms with van der Waals surface area (Å²) in [6.07, 6.45) is 1.12. The van der Waals surface area contributed by atoms with Crippen LogP contribution >= 0.6 is 0 Å². The fourth-order valence-electron chi connectivity index (χ4n) is 5.13. The number of nitrogens with zero attached hydrogens (tertiary/aromatic N) is 5. The number of piperazine rings is 1. The standard InChI is InChI=1S/C23H29F4N5O3S/c1-30-16-21(28-29-30)36(34,35)32-12-10-31(11-13-32)22(6-8-23(26,27)9-7-22)5-4-20(33)18-3-2-17(15-24)14-19(18)25/h2-3,14,16H,4-13,15H2,1H3. The van der Waals surface area contributed by atoms with Crippen LogP contribution in [-0.4, -0.2) is 76.0 Å². The molecule has 1 aromatic carbocycles. The summed E-state index contributed by atoms with van der Waals surface area (Å²) >= 11 is 0. The third-order valence-electron chi connectivity index (χ3n) is 7.31. The molecule has 13 heteroatoms. The number of ketones is 1. The first kappa shape index (κ1) is 26.7. The molecule has 1 aliphatic carbocycles. The number of alkyl halides is 3. The minimum Gasteiger partial charge on any atom is -0.295 e. The molecule has 2 heterocycles. The molecular weight excluding hydrogens is 502 g/mol. The molecule has 198 valence electrons. The fourth-order valence-corrected chi connectivity index (χ4v) is 6.47. The lowest BCUT2D eigenvalue weighted by Gasteiger charge is -2.50. The molecule has 0 radical (unpaired) electrons. The Morgan fingerprint density at radius 3 is 2.31 bits per heavy atom. The summed E-state index contributed by atoms with van der Waals surface area (Å²) in [6.45, 7) is 0.0491. The maximum absolute atomic E-state index is 14.3. The topological polar surface area (TPSA) is 88.4 Å². The molecular formula is C23H29F4N5O3S. The summed E-state index contributed by atoms with van der Waals surface area (Å²) in [7, 11) is -2.27. The summed E-state index contributed by atoms with van der Waals surface area (Å²) < 4.78 is 83.6. The molecule has 0 N–H and O–H groups in total. The normalized spacial score (nSPS) is 20.9. The van der Waals surface area contributed by atoms with Gasteiger partial charge < -0.3 is 0 Å². The van der Waals surface area contributed by atoms with E-state index in [2.05, 4.69) is 10.3 Å². The molecule has 0 atom stereocenters. The van der Waals surface area contributed by atoms with Gasteiger partial charge in [0.15, 0.2) is 5.78 Å². The molecule has 2 aromatic rings. The minimum absolute atomic E-state index is 0.0599. The molecule has 36 heavy (non-hydrogen) atoms. The van der Waals surface area contributed by atoms with Gasteiger partial charge in [-0.1, -0.05) is 11.3 Å². The monoisotopic (exact) mass is 531 g/mol. The summed E-state index contributed by atoms with van der Waals surface area (Å²) in [5.41, 5.74) is -0.748. The minimum atomic E-state index is -3.84. The number of benzene rings is 1. The highest BCUT2D eigenvalue weighted by Crippen LogP contribution is 2.44. The van der Waals surface area contributed by atoms with Crippen molar-refractivity contribution in [2.24, 2.45) is 7.05 Å². The van der Waals surface area contributed by atoms with Gasteiger partial charge in [-0.05, 0) is 37.0 Å². The third-order valence-corrected chi connectivity index (χ3v) is 9.07. The van der Waals surface area contributed by atoms with E-state index < -0.39 is 39.8 Å². The lowest BCUT2D eigenvalue weighted by molar-refractivity contribution is -0.0891. The predicted octanol–water partition coefficient (Wildman–Crippen LogP) is 3.34. The van der Waals surface area contributed by atoms with Gasteiger partial charge in [-0.2, -0.15) is 4.31 Å². The Morgan fingerprint density at radius 1 is 1.08 bits per heavy atom. The average Bonchev–Trinajstić information content (AvgIpc) is 3.30. The van der Waals surface area contributed by atoms with Crippen LogP contribution in [0.4, 0.5) is 17.6 Å². The van der Waals surface area contributed by atoms with E-state index >= 15 is 0 Å². The highest BCUT2D eigenvalue weighted by atomic mass is 32.2. The maximum Gasteiger partial charge on any atom is 0.264 e. The lowest BCUT2D eigenvalue weighted by atomic mass is 9.74. The lowest BCUT2D eigenvalue weighted by Crippen LogP contribution is -2.59. The fraction of sp³-hybridized carbons (Fsp3) is 0.609. The van der Waals surface area contributed by atoms with Gasteiger partial charge in [0.25, 0.3) is 10.0 Å². The molecule has 1 aromatic heterocycles. The van der Waals surface area contributed by atoms with Crippen molar-refractivity contribution < 1.29 is 30.8 Å². The van der Waals surface area contributed by atoms with E-state index in [0.29, 0.717) is 13.1 Å². The Labute approximate surface area is 207 Å². The summed E-state index contributed by atoms with van der Waals surface area (Å²) in [4.78, 5) is 14.8. The molecule has 4 rings (SSSR count). The molecule has 8 nitrogen and oxygen atoms in total. The number of sulfonamides is 1. The van der Waals surface area contributed by atoms with Gasteiger partial charge in [0.1, 0.15) is 12.5 Å². The van der Waals surface area contributed by atoms with Crippen molar-refractivity contribution in [2.75, 3.05) is 26.2 Å². The number of aryl methyl sites for hydroxylation is 1. The predicted molar refractivity (Wildman–Crippen MR) is 122 cm³/mol. The molecule has 2 fully saturated rings. The molecule has 2 aliphatic rings. The van der Waals surface area contributed by atoms with E-state index in [0.717, 1.165) is 6.07 Å². The van der Waals surface area contributed by atoms with Crippen LogP contribution in [0.15, 0.2) is 29.4 Å². The highest BCUT2D eigenvalue weighted by molar-refractivity contribution is 7.89. The summed E-state index contributed by atoms with van der Waals surface area (Å²) in [5.74, 6) is -4.07. The van der Waals surface area contributed by atoms with Crippen molar-refractivity contribution in [1.82, 2.24) is 24.2 Å². The van der Waals surface area contributed by atoms with E-state index in [1.165, 1.54) is 27.3 Å². The van der Waals surface area contributed by atoms with Crippen LogP contribution in [0.3, 0.4) is 0 Å². The number of aromatic nitrogens is 3. The zero-order valence-corrected chi connectivity index (χ0v) is 20.8. The Morgan fingerprint density at radius 2 is 1.75 bits per heavy atom. The first-order valence-electron chi connectivity index (χ1n) is 11.8. The zero-order chi connectivity index (χ0) is 26.1. The van der Waals surface area contributed by atoms with E-state index in [9.17, 15) is 30.8 Å². The number of carbonyl (C=O) groups excluding carboxylic acids is 1. The van der Waals surface area contributed by atoms with Crippen LogP contribution in [0, 0.1) is 5.82 Å². The average molecular weight is 532 g/mol. The molecule has 1 saturated carbocycles. The van der Waals surface area contributed by atoms with Crippen molar-refractivity contribution in [3.8, 4) is 0 Å². The van der Waals surface area contributed by atoms with E-state index in [4.69, 9.17) is 0 Å². The van der Waals surface area contributed by atoms with Gasteiger partial charge in [-0.3, -0.25) is 14.4 Å². The van der Waals surface area contributed by atoms with Crippen molar-refractivity contribution >= 4 is 15.8 Å². The number of hydrogen-bond acceptors (Lipinski definition) is 6. The van der Waals surface area contributed by atoms with E-state index in [-0.39, 0.29) is 67.8 Å². The van der Waals surface area contributed by atoms with Crippen molar-refractivity contribution in [2.45, 2.75) is 61.7 Å². The van der Waals surface area contributed by atoms with Crippen LogP contribution in [0.2, 0.25) is 0 Å². The number of carbonyl (C=O) groups is 1. The number of halogens is 4. The smallest absolute Gasteiger partial charge is 0.264 e. The molecule has 0 unspecified atom stereocenters. The first-order valence-corrected chi connectivity index (χ1v) is 13.3. The van der Waals surface area contributed by atoms with Crippen LogP contribution in [0.5, 0.6) is 0 Å². The highest BCUT2D eigenvalue weighted by Gasteiger charge is 2.47. The molecule has 0 spiro atoms. The SMILES string of the molecule is Cn1cc(S(=O)(=O)N2CCN(C3(CCC(=O)c4ccc(CF)cc4F)CCC(F)(F)CC3)CC2)nn1. The van der Waals surface area contributed by atoms with Crippen molar-refractivity contribution in [1.29, 1.82) is 0 Å². The summed E-state index contributed by atoms with van der Waals surface area (Å²) in [5, 5.41) is 7.21. The molecule has 1 saturated heterocycles. The third kappa shape index (κ3) is 5.47. The van der Waals surface area contributed by atoms with Gasteiger partial charge >= 0.3 is 0 Å². The number of hydrogen-bond donors (Lipinski definition) is 0. The van der Waals surface area contributed by atoms with Gasteiger partial charge in [0.2, 0.25) is 10.9 Å². The van der Waals surface area contributed by atoms with Crippen LogP contribution < -0.4 is 0 Å². The Bertz CT molecular complexity index is 1200. The molecule has 0 bridgehead atoms. The molecule has 0 amide bonds. The summed E-state index contributed by atoms with van der Waals surface area (Å²) in [6, 6.07) is 3.59. The quantitative estimate of drug-likeness (QED) is 0.384. The largest absolute Gasteiger partial charge is 0.295 e. The van der Waals surface area contributed by atoms with Gasteiger partial charge in [0, 0.05) is 58.0 Å². The number of rotatable bonds is 8. The van der Waals surface area contributed by atoms with Crippen LogP contribution in [0.1, 0.15) is 54.4 Å². The van der Waals surface area contributed by atoms with Gasteiger partial charge in [0.05, 0.1) is 11.8 Å². The van der Waals surface area contributed by atoms with Crippen LogP contribution in [-0.2, 0) is 23.7 Å². The second kappa shape index (κ2) is 10.2. The van der Waals surface area contributed by atoms with Gasteiger partial charge in [-0.15, -0.1) is 5.10 Å². The Balaban J connectivity index is 1.47. The second-order valence-corrected chi connectivity index (χ2v) is 11.5. The van der Waals surface area contributed by atoms with Crippen molar-refractivity contribution in [3.63, 3.8) is 0 Å². The van der Waals surface area contributed by atoms with Crippen LogP contribution in [0.25, 0.3) is 0 Å². The number of Topliss-reactive ketones (excluding diaryl/α,β-unsaturated/α-hetero) is 1. The maximum atomic E-state index is 14.3. The second-order valence-electron chi connectivity index (χ2n) is 9.57. The van der Waals surface area contributed by atoms with Crippen molar-refractivity contribution in [3.05, 3.63) is 41.3 Å².